The normalized spacial score (nSPS) is 21.8. The maximum atomic E-state index is 12.2. The summed E-state index contributed by atoms with van der Waals surface area (Å²) in [4.78, 5) is 12.2. The molecule has 1 saturated heterocycles. The molecule has 0 N–H and O–H groups in total. The van der Waals surface area contributed by atoms with E-state index in [4.69, 9.17) is 4.74 Å². The summed E-state index contributed by atoms with van der Waals surface area (Å²) < 4.78 is 28.1. The minimum absolute atomic E-state index is 0.0601. The molecule has 2 aliphatic rings. The smallest absolute Gasteiger partial charge is 0.249 e. The SMILES string of the molecule is COc1ccc(C2=NN(C3CCS(=O)(=O)CC3)C(=O)C2)cc1. The van der Waals surface area contributed by atoms with E-state index in [2.05, 4.69) is 5.10 Å². The lowest BCUT2D eigenvalue weighted by molar-refractivity contribution is -0.131. The van der Waals surface area contributed by atoms with Gasteiger partial charge in [-0.2, -0.15) is 5.10 Å². The lowest BCUT2D eigenvalue weighted by atomic mass is 10.1. The molecule has 3 rings (SSSR count). The summed E-state index contributed by atoms with van der Waals surface area (Å²) >= 11 is 0. The minimum atomic E-state index is -2.94. The van der Waals surface area contributed by atoms with Crippen molar-refractivity contribution in [2.45, 2.75) is 25.3 Å². The van der Waals surface area contributed by atoms with Gasteiger partial charge in [-0.05, 0) is 42.7 Å². The predicted octanol–water partition coefficient (Wildman–Crippen LogP) is 1.21. The number of nitrogens with zero attached hydrogens (tertiary/aromatic N) is 2. The Kier molecular flexibility index (Phi) is 3.90. The number of benzene rings is 1. The van der Waals surface area contributed by atoms with E-state index < -0.39 is 9.84 Å². The second-order valence-electron chi connectivity index (χ2n) is 5.57. The van der Waals surface area contributed by atoms with E-state index in [-0.39, 0.29) is 29.9 Å². The van der Waals surface area contributed by atoms with Crippen LogP contribution in [0.5, 0.6) is 5.75 Å². The Morgan fingerprint density at radius 2 is 1.82 bits per heavy atom. The maximum Gasteiger partial charge on any atom is 0.249 e. The average molecular weight is 322 g/mol. The van der Waals surface area contributed by atoms with Crippen molar-refractivity contribution in [1.29, 1.82) is 0 Å². The third kappa shape index (κ3) is 2.99. The number of ether oxygens (including phenoxy) is 1. The Morgan fingerprint density at radius 1 is 1.18 bits per heavy atom. The van der Waals surface area contributed by atoms with Crippen LogP contribution in [0.25, 0.3) is 0 Å². The molecule has 118 valence electrons. The Bertz CT molecular complexity index is 696. The van der Waals surface area contributed by atoms with Gasteiger partial charge in [-0.15, -0.1) is 0 Å². The second-order valence-corrected chi connectivity index (χ2v) is 7.88. The van der Waals surface area contributed by atoms with Crippen LogP contribution in [0.3, 0.4) is 0 Å². The first-order valence-corrected chi connectivity index (χ1v) is 9.05. The van der Waals surface area contributed by atoms with Gasteiger partial charge in [0.2, 0.25) is 5.91 Å². The summed E-state index contributed by atoms with van der Waals surface area (Å²) in [7, 11) is -1.33. The number of hydrogen-bond acceptors (Lipinski definition) is 5. The highest BCUT2D eigenvalue weighted by Crippen LogP contribution is 2.25. The fourth-order valence-corrected chi connectivity index (χ4v) is 4.26. The number of carbonyl (C=O) groups is 1. The topological polar surface area (TPSA) is 76.0 Å². The predicted molar refractivity (Wildman–Crippen MR) is 82.7 cm³/mol. The molecule has 0 saturated carbocycles. The molecule has 0 atom stereocenters. The number of methoxy groups -OCH3 is 1. The quantitative estimate of drug-likeness (QED) is 0.838. The van der Waals surface area contributed by atoms with Crippen LogP contribution in [0.2, 0.25) is 0 Å². The molecule has 22 heavy (non-hydrogen) atoms. The van der Waals surface area contributed by atoms with Crippen molar-refractivity contribution in [3.63, 3.8) is 0 Å². The molecule has 0 unspecified atom stereocenters. The highest BCUT2D eigenvalue weighted by atomic mass is 32.2. The molecule has 0 aliphatic carbocycles. The summed E-state index contributed by atoms with van der Waals surface area (Å²) in [6.45, 7) is 0. The summed E-state index contributed by atoms with van der Waals surface area (Å²) in [6, 6.07) is 7.31. The van der Waals surface area contributed by atoms with Crippen LogP contribution in [-0.2, 0) is 14.6 Å². The monoisotopic (exact) mass is 322 g/mol. The van der Waals surface area contributed by atoms with Gasteiger partial charge in [0.1, 0.15) is 15.6 Å². The van der Waals surface area contributed by atoms with E-state index in [1.165, 1.54) is 5.01 Å². The van der Waals surface area contributed by atoms with Crippen molar-refractivity contribution in [3.8, 4) is 5.75 Å². The summed E-state index contributed by atoms with van der Waals surface area (Å²) in [6.07, 6.45) is 1.19. The summed E-state index contributed by atoms with van der Waals surface area (Å²) in [5.41, 5.74) is 1.61. The molecule has 1 aromatic carbocycles. The third-order valence-electron chi connectivity index (χ3n) is 4.10. The molecule has 0 spiro atoms. The molecular weight excluding hydrogens is 304 g/mol. The number of rotatable bonds is 3. The molecular formula is C15H18N2O4S. The molecule has 0 aromatic heterocycles. The Hall–Kier alpha value is -1.89. The van der Waals surface area contributed by atoms with Crippen LogP contribution < -0.4 is 4.74 Å². The van der Waals surface area contributed by atoms with Gasteiger partial charge in [0, 0.05) is 0 Å². The van der Waals surface area contributed by atoms with Gasteiger partial charge >= 0.3 is 0 Å². The van der Waals surface area contributed by atoms with E-state index in [1.807, 2.05) is 24.3 Å². The molecule has 1 aromatic rings. The van der Waals surface area contributed by atoms with Crippen molar-refractivity contribution in [3.05, 3.63) is 29.8 Å². The fourth-order valence-electron chi connectivity index (χ4n) is 2.80. The van der Waals surface area contributed by atoms with Crippen LogP contribution in [0, 0.1) is 0 Å². The van der Waals surface area contributed by atoms with Gasteiger partial charge in [0.05, 0.1) is 36.8 Å². The van der Waals surface area contributed by atoms with Crippen molar-refractivity contribution in [2.24, 2.45) is 5.10 Å². The number of sulfone groups is 1. The molecule has 0 radical (unpaired) electrons. The average Bonchev–Trinajstić information content (AvgIpc) is 2.89. The minimum Gasteiger partial charge on any atom is -0.497 e. The van der Waals surface area contributed by atoms with Gasteiger partial charge in [-0.25, -0.2) is 13.4 Å². The van der Waals surface area contributed by atoms with Crippen molar-refractivity contribution in [1.82, 2.24) is 5.01 Å². The van der Waals surface area contributed by atoms with Crippen LogP contribution in [0.1, 0.15) is 24.8 Å². The summed E-state index contributed by atoms with van der Waals surface area (Å²) in [5, 5.41) is 5.91. The standard InChI is InChI=1S/C15H18N2O4S/c1-21-13-4-2-11(3-5-13)14-10-15(18)17(16-14)12-6-8-22(19,20)9-7-12/h2-5,12H,6-10H2,1H3. The first kappa shape index (κ1) is 15.0. The van der Waals surface area contributed by atoms with Gasteiger partial charge in [-0.3, -0.25) is 4.79 Å². The van der Waals surface area contributed by atoms with E-state index in [1.54, 1.807) is 7.11 Å². The first-order valence-electron chi connectivity index (χ1n) is 7.23. The Morgan fingerprint density at radius 3 is 2.41 bits per heavy atom. The van der Waals surface area contributed by atoms with Crippen molar-refractivity contribution >= 4 is 21.5 Å². The lowest BCUT2D eigenvalue weighted by Gasteiger charge is -2.27. The van der Waals surface area contributed by atoms with E-state index in [0.717, 1.165) is 17.0 Å². The molecule has 1 fully saturated rings. The Labute approximate surface area is 129 Å². The highest BCUT2D eigenvalue weighted by Gasteiger charge is 2.34. The van der Waals surface area contributed by atoms with Crippen molar-refractivity contribution in [2.75, 3.05) is 18.6 Å². The molecule has 1 amide bonds. The molecule has 2 heterocycles. The van der Waals surface area contributed by atoms with Crippen molar-refractivity contribution < 1.29 is 17.9 Å². The zero-order valence-electron chi connectivity index (χ0n) is 12.4. The zero-order chi connectivity index (χ0) is 15.7. The third-order valence-corrected chi connectivity index (χ3v) is 5.81. The van der Waals surface area contributed by atoms with Crippen LogP contribution >= 0.6 is 0 Å². The van der Waals surface area contributed by atoms with Gasteiger partial charge in [-0.1, -0.05) is 0 Å². The first-order chi connectivity index (χ1) is 10.5. The lowest BCUT2D eigenvalue weighted by Crippen LogP contribution is -2.39. The highest BCUT2D eigenvalue weighted by molar-refractivity contribution is 7.91. The van der Waals surface area contributed by atoms with Crippen LogP contribution in [-0.4, -0.2) is 49.7 Å². The van der Waals surface area contributed by atoms with E-state index in [0.29, 0.717) is 12.8 Å². The molecule has 6 nitrogen and oxygen atoms in total. The van der Waals surface area contributed by atoms with Gasteiger partial charge in [0.15, 0.2) is 0 Å². The number of hydrogen-bond donors (Lipinski definition) is 0. The van der Waals surface area contributed by atoms with Crippen LogP contribution in [0.4, 0.5) is 0 Å². The van der Waals surface area contributed by atoms with Gasteiger partial charge < -0.3 is 4.74 Å². The van der Waals surface area contributed by atoms with Crippen LogP contribution in [0.15, 0.2) is 29.4 Å². The molecule has 7 heteroatoms. The largest absolute Gasteiger partial charge is 0.497 e. The zero-order valence-corrected chi connectivity index (χ0v) is 13.2. The second kappa shape index (κ2) is 5.72. The fraction of sp³-hybridized carbons (Fsp3) is 0.467. The summed E-state index contributed by atoms with van der Waals surface area (Å²) in [5.74, 6) is 0.960. The molecule has 2 aliphatic heterocycles. The number of carbonyl (C=O) groups excluding carboxylic acids is 1. The number of amides is 1. The maximum absolute atomic E-state index is 12.2. The van der Waals surface area contributed by atoms with E-state index in [9.17, 15) is 13.2 Å². The Balaban J connectivity index is 1.76. The van der Waals surface area contributed by atoms with E-state index >= 15 is 0 Å². The molecule has 0 bridgehead atoms. The van der Waals surface area contributed by atoms with Gasteiger partial charge in [0.25, 0.3) is 0 Å². The number of hydrazone groups is 1.